The summed E-state index contributed by atoms with van der Waals surface area (Å²) in [5, 5.41) is 9.12. The van der Waals surface area contributed by atoms with E-state index in [1.165, 1.54) is 23.1 Å². The molecule has 0 aliphatic carbocycles. The van der Waals surface area contributed by atoms with E-state index in [0.29, 0.717) is 16.6 Å². The number of rotatable bonds is 6. The first-order valence-corrected chi connectivity index (χ1v) is 9.09. The number of nitrogens with zero attached hydrogens (tertiary/aromatic N) is 3. The number of halogens is 2. The van der Waals surface area contributed by atoms with Crippen molar-refractivity contribution in [1.29, 1.82) is 0 Å². The minimum atomic E-state index is -1.14. The molecule has 0 bridgehead atoms. The Labute approximate surface area is 166 Å². The molecule has 0 aliphatic rings. The number of benzene rings is 2. The van der Waals surface area contributed by atoms with Crippen molar-refractivity contribution >= 4 is 34.5 Å². The Morgan fingerprint density at radius 1 is 1.25 bits per heavy atom. The van der Waals surface area contributed by atoms with Gasteiger partial charge >= 0.3 is 5.97 Å². The Morgan fingerprint density at radius 2 is 2.00 bits per heavy atom. The minimum absolute atomic E-state index is 0.00833. The maximum atomic E-state index is 13.4. The van der Waals surface area contributed by atoms with Crippen molar-refractivity contribution in [3.05, 3.63) is 64.2 Å². The normalized spacial score (nSPS) is 11.0. The third-order valence-electron chi connectivity index (χ3n) is 4.47. The average Bonchev–Trinajstić information content (AvgIpc) is 2.97. The lowest BCUT2D eigenvalue weighted by Crippen LogP contribution is -2.35. The Morgan fingerprint density at radius 3 is 2.64 bits per heavy atom. The number of fused-ring (bicyclic) bond motifs is 1. The molecule has 0 unspecified atom stereocenters. The molecule has 1 heterocycles. The van der Waals surface area contributed by atoms with Gasteiger partial charge in [0, 0.05) is 18.7 Å². The molecule has 0 fully saturated rings. The van der Waals surface area contributed by atoms with E-state index >= 15 is 0 Å². The number of carboxylic acid groups (broad SMARTS) is 1. The maximum absolute atomic E-state index is 13.4. The van der Waals surface area contributed by atoms with Gasteiger partial charge in [-0.2, -0.15) is 0 Å². The van der Waals surface area contributed by atoms with Crippen molar-refractivity contribution in [3.63, 3.8) is 0 Å². The van der Waals surface area contributed by atoms with Gasteiger partial charge in [-0.25, -0.2) is 9.37 Å². The Bertz CT molecular complexity index is 1060. The van der Waals surface area contributed by atoms with Gasteiger partial charge in [0.1, 0.15) is 18.2 Å². The molecule has 0 spiro atoms. The van der Waals surface area contributed by atoms with Gasteiger partial charge in [-0.1, -0.05) is 17.7 Å². The second kappa shape index (κ2) is 7.98. The summed E-state index contributed by atoms with van der Waals surface area (Å²) in [7, 11) is 0. The monoisotopic (exact) mass is 403 g/mol. The summed E-state index contributed by atoms with van der Waals surface area (Å²) in [4.78, 5) is 29.9. The number of aryl methyl sites for hydroxylation is 2. The molecule has 0 saturated heterocycles. The van der Waals surface area contributed by atoms with Gasteiger partial charge in [-0.3, -0.25) is 9.59 Å². The molecule has 1 N–H and O–H groups in total. The number of amides is 1. The summed E-state index contributed by atoms with van der Waals surface area (Å²) in [5.74, 6) is -1.33. The fraction of sp³-hybridized carbons (Fsp3) is 0.250. The fourth-order valence-electron chi connectivity index (χ4n) is 3.19. The molecule has 0 aliphatic heterocycles. The average molecular weight is 404 g/mol. The van der Waals surface area contributed by atoms with Crippen molar-refractivity contribution in [3.8, 4) is 0 Å². The van der Waals surface area contributed by atoms with Crippen LogP contribution in [0.1, 0.15) is 28.7 Å². The first-order valence-electron chi connectivity index (χ1n) is 8.72. The van der Waals surface area contributed by atoms with Gasteiger partial charge in [-0.05, 0) is 49.7 Å². The molecule has 0 radical (unpaired) electrons. The standard InChI is InChI=1S/C20H19ClFN3O3/c1-3-25-12(2)23-17-9-14(5-7-18(17)25)20(28)24(11-19(26)27)10-13-4-6-16(22)15(21)8-13/h4-9H,3,10-11H2,1-2H3,(H,26,27). The van der Waals surface area contributed by atoms with Crippen LogP contribution in [0.4, 0.5) is 4.39 Å². The third-order valence-corrected chi connectivity index (χ3v) is 4.76. The van der Waals surface area contributed by atoms with Gasteiger partial charge < -0.3 is 14.6 Å². The summed E-state index contributed by atoms with van der Waals surface area (Å²) < 4.78 is 15.4. The number of aromatic nitrogens is 2. The zero-order valence-corrected chi connectivity index (χ0v) is 16.2. The van der Waals surface area contributed by atoms with Gasteiger partial charge in [-0.15, -0.1) is 0 Å². The molecule has 2 aromatic carbocycles. The summed E-state index contributed by atoms with van der Waals surface area (Å²) in [6.07, 6.45) is 0. The minimum Gasteiger partial charge on any atom is -0.480 e. The van der Waals surface area contributed by atoms with Crippen LogP contribution in [0, 0.1) is 12.7 Å². The summed E-state index contributed by atoms with van der Waals surface area (Å²) in [6, 6.07) is 9.16. The van der Waals surface area contributed by atoms with Crippen molar-refractivity contribution < 1.29 is 19.1 Å². The SMILES string of the molecule is CCn1c(C)nc2cc(C(=O)N(CC(=O)O)Cc3ccc(F)c(Cl)c3)ccc21. The molecule has 0 saturated carbocycles. The van der Waals surface area contributed by atoms with E-state index in [1.807, 2.05) is 18.4 Å². The van der Waals surface area contributed by atoms with Crippen LogP contribution < -0.4 is 0 Å². The van der Waals surface area contributed by atoms with E-state index in [-0.39, 0.29) is 11.6 Å². The molecule has 8 heteroatoms. The lowest BCUT2D eigenvalue weighted by Gasteiger charge is -2.21. The summed E-state index contributed by atoms with van der Waals surface area (Å²) in [5.41, 5.74) is 2.45. The number of carboxylic acids is 1. The van der Waals surface area contributed by atoms with Crippen LogP contribution in [-0.4, -0.2) is 38.0 Å². The fourth-order valence-corrected chi connectivity index (χ4v) is 3.39. The smallest absolute Gasteiger partial charge is 0.323 e. The quantitative estimate of drug-likeness (QED) is 0.677. The van der Waals surface area contributed by atoms with E-state index in [9.17, 15) is 19.1 Å². The first kappa shape index (κ1) is 19.8. The molecule has 28 heavy (non-hydrogen) atoms. The highest BCUT2D eigenvalue weighted by atomic mass is 35.5. The van der Waals surface area contributed by atoms with Crippen LogP contribution in [0.15, 0.2) is 36.4 Å². The molecule has 3 aromatic rings. The Hall–Kier alpha value is -2.93. The van der Waals surface area contributed by atoms with Gasteiger partial charge in [0.15, 0.2) is 0 Å². The number of carbonyl (C=O) groups is 2. The van der Waals surface area contributed by atoms with Crippen molar-refractivity contribution in [2.24, 2.45) is 0 Å². The molecule has 1 amide bonds. The maximum Gasteiger partial charge on any atom is 0.323 e. The number of imidazole rings is 1. The molecule has 146 valence electrons. The molecule has 6 nitrogen and oxygen atoms in total. The number of aliphatic carboxylic acids is 1. The highest BCUT2D eigenvalue weighted by Crippen LogP contribution is 2.21. The zero-order chi connectivity index (χ0) is 20.4. The highest BCUT2D eigenvalue weighted by molar-refractivity contribution is 6.30. The van der Waals surface area contributed by atoms with E-state index < -0.39 is 24.2 Å². The van der Waals surface area contributed by atoms with Crippen molar-refractivity contribution in [2.45, 2.75) is 26.9 Å². The largest absolute Gasteiger partial charge is 0.480 e. The van der Waals surface area contributed by atoms with Gasteiger partial charge in [0.2, 0.25) is 0 Å². The van der Waals surface area contributed by atoms with Crippen LogP contribution in [0.25, 0.3) is 11.0 Å². The summed E-state index contributed by atoms with van der Waals surface area (Å²) in [6.45, 7) is 4.15. The molecular weight excluding hydrogens is 385 g/mol. The van der Waals surface area contributed by atoms with Crippen molar-refractivity contribution in [1.82, 2.24) is 14.5 Å². The number of hydrogen-bond acceptors (Lipinski definition) is 3. The predicted molar refractivity (Wildman–Crippen MR) is 104 cm³/mol. The predicted octanol–water partition coefficient (Wildman–Crippen LogP) is 3.88. The zero-order valence-electron chi connectivity index (χ0n) is 15.4. The van der Waals surface area contributed by atoms with Crippen LogP contribution in [0.5, 0.6) is 0 Å². The lowest BCUT2D eigenvalue weighted by atomic mass is 10.1. The molecule has 0 atom stereocenters. The van der Waals surface area contributed by atoms with Crippen LogP contribution in [0.2, 0.25) is 5.02 Å². The Kier molecular flexibility index (Phi) is 5.65. The third kappa shape index (κ3) is 3.99. The highest BCUT2D eigenvalue weighted by Gasteiger charge is 2.20. The van der Waals surface area contributed by atoms with Crippen LogP contribution in [0.3, 0.4) is 0 Å². The second-order valence-corrected chi connectivity index (χ2v) is 6.82. The number of carbonyl (C=O) groups excluding carboxylic acids is 1. The van der Waals surface area contributed by atoms with Gasteiger partial charge in [0.05, 0.1) is 16.1 Å². The second-order valence-electron chi connectivity index (χ2n) is 6.41. The van der Waals surface area contributed by atoms with E-state index in [2.05, 4.69) is 4.98 Å². The van der Waals surface area contributed by atoms with E-state index in [0.717, 1.165) is 17.9 Å². The van der Waals surface area contributed by atoms with E-state index in [1.54, 1.807) is 18.2 Å². The summed E-state index contributed by atoms with van der Waals surface area (Å²) >= 11 is 5.79. The Balaban J connectivity index is 1.93. The van der Waals surface area contributed by atoms with Crippen LogP contribution in [-0.2, 0) is 17.9 Å². The topological polar surface area (TPSA) is 75.4 Å². The lowest BCUT2D eigenvalue weighted by molar-refractivity contribution is -0.137. The molecular formula is C20H19ClFN3O3. The first-order chi connectivity index (χ1) is 13.3. The number of hydrogen-bond donors (Lipinski definition) is 1. The van der Waals surface area contributed by atoms with Gasteiger partial charge in [0.25, 0.3) is 5.91 Å². The molecule has 1 aromatic heterocycles. The van der Waals surface area contributed by atoms with Crippen molar-refractivity contribution in [2.75, 3.05) is 6.54 Å². The van der Waals surface area contributed by atoms with Crippen LogP contribution >= 0.6 is 11.6 Å². The van der Waals surface area contributed by atoms with E-state index in [4.69, 9.17) is 11.6 Å². The molecule has 3 rings (SSSR count).